The number of halogens is 1. The summed E-state index contributed by atoms with van der Waals surface area (Å²) in [6, 6.07) is 5.56. The molecular weight excluding hydrogens is 364 g/mol. The lowest BCUT2D eigenvalue weighted by molar-refractivity contribution is 0.101. The zero-order chi connectivity index (χ0) is 18.9. The Morgan fingerprint density at radius 3 is 2.54 bits per heavy atom. The van der Waals surface area contributed by atoms with Crippen LogP contribution in [0.2, 0.25) is 24.7 Å². The quantitative estimate of drug-likeness (QED) is 0.441. The van der Waals surface area contributed by atoms with Gasteiger partial charge in [0.1, 0.15) is 13.9 Å². The number of carbonyl (C=O) groups excluding carboxylic acids is 1. The highest BCUT2D eigenvalue weighted by Crippen LogP contribution is 2.29. The van der Waals surface area contributed by atoms with E-state index in [1.165, 1.54) is 0 Å². The van der Waals surface area contributed by atoms with Gasteiger partial charge < -0.3 is 9.64 Å². The van der Waals surface area contributed by atoms with Crippen molar-refractivity contribution in [3.63, 3.8) is 0 Å². The first-order chi connectivity index (χ1) is 12.2. The number of pyridine rings is 1. The minimum atomic E-state index is -1.55. The SMILES string of the molecule is CC(=O)c1cc(Cl)cc2c(C#C[Si](C)(C)C)cc(N3CCOCC3)nc12. The number of aromatic nitrogens is 1. The Balaban J connectivity index is 2.27. The molecule has 2 aromatic rings. The number of morpholine rings is 1. The molecule has 1 aromatic heterocycles. The van der Waals surface area contributed by atoms with Gasteiger partial charge in [0.05, 0.1) is 18.7 Å². The van der Waals surface area contributed by atoms with Crippen molar-refractivity contribution in [3.05, 3.63) is 34.3 Å². The number of rotatable bonds is 2. The van der Waals surface area contributed by atoms with Crippen molar-refractivity contribution in [2.75, 3.05) is 31.2 Å². The van der Waals surface area contributed by atoms with Gasteiger partial charge in [0, 0.05) is 34.6 Å². The second-order valence-corrected chi connectivity index (χ2v) is 12.7. The van der Waals surface area contributed by atoms with E-state index in [1.807, 2.05) is 12.1 Å². The van der Waals surface area contributed by atoms with Crippen LogP contribution in [0.15, 0.2) is 18.2 Å². The summed E-state index contributed by atoms with van der Waals surface area (Å²) < 4.78 is 5.45. The molecule has 6 heteroatoms. The molecule has 4 nitrogen and oxygen atoms in total. The average Bonchev–Trinajstić information content (AvgIpc) is 2.59. The molecule has 0 radical (unpaired) electrons. The summed E-state index contributed by atoms with van der Waals surface area (Å²) in [5, 5.41) is 1.37. The first-order valence-corrected chi connectivity index (χ1v) is 12.6. The van der Waals surface area contributed by atoms with Gasteiger partial charge >= 0.3 is 0 Å². The molecule has 1 aromatic carbocycles. The summed E-state index contributed by atoms with van der Waals surface area (Å²) in [7, 11) is -1.55. The van der Waals surface area contributed by atoms with Gasteiger partial charge in [0.2, 0.25) is 0 Å². The Bertz CT molecular complexity index is 919. The van der Waals surface area contributed by atoms with E-state index in [-0.39, 0.29) is 5.78 Å². The van der Waals surface area contributed by atoms with E-state index in [2.05, 4.69) is 36.0 Å². The molecular formula is C20H23ClN2O2Si. The normalized spacial score (nSPS) is 14.9. The van der Waals surface area contributed by atoms with E-state index in [4.69, 9.17) is 21.3 Å². The van der Waals surface area contributed by atoms with Gasteiger partial charge in [-0.05, 0) is 25.1 Å². The highest BCUT2D eigenvalue weighted by atomic mass is 35.5. The Morgan fingerprint density at radius 2 is 1.92 bits per heavy atom. The molecule has 0 aliphatic carbocycles. The molecule has 2 heterocycles. The highest BCUT2D eigenvalue weighted by molar-refractivity contribution is 6.83. The van der Waals surface area contributed by atoms with E-state index in [9.17, 15) is 4.79 Å². The maximum absolute atomic E-state index is 12.2. The number of benzene rings is 1. The van der Waals surface area contributed by atoms with Crippen LogP contribution < -0.4 is 4.90 Å². The van der Waals surface area contributed by atoms with Crippen LogP contribution in [-0.4, -0.2) is 45.1 Å². The second-order valence-electron chi connectivity index (χ2n) is 7.53. The standard InChI is InChI=1S/C20H23ClN2O2Si/c1-14(24)17-12-16(21)13-18-15(5-10-26(2,3)4)11-19(22-20(17)18)23-6-8-25-9-7-23/h11-13H,6-9H2,1-4H3. The van der Waals surface area contributed by atoms with Gasteiger partial charge in [-0.25, -0.2) is 4.98 Å². The monoisotopic (exact) mass is 386 g/mol. The number of carbonyl (C=O) groups is 1. The Morgan fingerprint density at radius 1 is 1.23 bits per heavy atom. The van der Waals surface area contributed by atoms with Crippen molar-refractivity contribution < 1.29 is 9.53 Å². The molecule has 3 rings (SSSR count). The molecule has 0 amide bonds. The molecule has 0 spiro atoms. The third kappa shape index (κ3) is 4.26. The lowest BCUT2D eigenvalue weighted by atomic mass is 10.0. The van der Waals surface area contributed by atoms with Crippen molar-refractivity contribution >= 4 is 42.2 Å². The number of nitrogens with zero attached hydrogens (tertiary/aromatic N) is 2. The second kappa shape index (κ2) is 7.40. The predicted octanol–water partition coefficient (Wildman–Crippen LogP) is 4.16. The maximum Gasteiger partial charge on any atom is 0.162 e. The van der Waals surface area contributed by atoms with Gasteiger partial charge in [0.15, 0.2) is 5.78 Å². The lowest BCUT2D eigenvalue weighted by Gasteiger charge is -2.28. The van der Waals surface area contributed by atoms with Gasteiger partial charge in [-0.1, -0.05) is 37.2 Å². The Labute approximate surface area is 160 Å². The van der Waals surface area contributed by atoms with E-state index in [0.29, 0.717) is 29.3 Å². The van der Waals surface area contributed by atoms with Crippen molar-refractivity contribution in [1.29, 1.82) is 0 Å². The predicted molar refractivity (Wildman–Crippen MR) is 110 cm³/mol. The third-order valence-corrected chi connectivity index (χ3v) is 5.24. The summed E-state index contributed by atoms with van der Waals surface area (Å²) in [5.74, 6) is 4.13. The number of ether oxygens (including phenoxy) is 1. The van der Waals surface area contributed by atoms with Crippen molar-refractivity contribution in [2.45, 2.75) is 26.6 Å². The van der Waals surface area contributed by atoms with Gasteiger partial charge in [-0.15, -0.1) is 5.54 Å². The molecule has 0 unspecified atom stereocenters. The van der Waals surface area contributed by atoms with Gasteiger partial charge in [-0.2, -0.15) is 0 Å². The summed E-state index contributed by atoms with van der Waals surface area (Å²) in [6.07, 6.45) is 0. The fourth-order valence-corrected chi connectivity index (χ4v) is 3.59. The number of hydrogen-bond donors (Lipinski definition) is 0. The van der Waals surface area contributed by atoms with Gasteiger partial charge in [-0.3, -0.25) is 4.79 Å². The first kappa shape index (κ1) is 18.9. The summed E-state index contributed by atoms with van der Waals surface area (Å²) in [4.78, 5) is 19.1. The summed E-state index contributed by atoms with van der Waals surface area (Å²) in [5.41, 5.74) is 5.51. The Hall–Kier alpha value is -1.87. The molecule has 1 aliphatic rings. The molecule has 0 saturated carbocycles. The van der Waals surface area contributed by atoms with Crippen LogP contribution in [0.3, 0.4) is 0 Å². The fraction of sp³-hybridized carbons (Fsp3) is 0.400. The van der Waals surface area contributed by atoms with Crippen molar-refractivity contribution in [1.82, 2.24) is 4.98 Å². The van der Waals surface area contributed by atoms with Gasteiger partial charge in [0.25, 0.3) is 0 Å². The van der Waals surface area contributed by atoms with Crippen LogP contribution in [0.25, 0.3) is 10.9 Å². The summed E-state index contributed by atoms with van der Waals surface area (Å²) >= 11 is 6.27. The number of hydrogen-bond acceptors (Lipinski definition) is 4. The molecule has 0 bridgehead atoms. The van der Waals surface area contributed by atoms with Crippen LogP contribution in [-0.2, 0) is 4.74 Å². The average molecular weight is 387 g/mol. The summed E-state index contributed by atoms with van der Waals surface area (Å²) in [6.45, 7) is 11.1. The number of fused-ring (bicyclic) bond motifs is 1. The van der Waals surface area contributed by atoms with E-state index in [1.54, 1.807) is 13.0 Å². The van der Waals surface area contributed by atoms with Crippen LogP contribution in [0.5, 0.6) is 0 Å². The highest BCUT2D eigenvalue weighted by Gasteiger charge is 2.18. The molecule has 1 saturated heterocycles. The smallest absolute Gasteiger partial charge is 0.162 e. The molecule has 1 aliphatic heterocycles. The number of anilines is 1. The number of ketones is 1. The molecule has 0 atom stereocenters. The van der Waals surface area contributed by atoms with Crippen LogP contribution in [0.4, 0.5) is 5.82 Å². The first-order valence-electron chi connectivity index (χ1n) is 8.76. The van der Waals surface area contributed by atoms with E-state index >= 15 is 0 Å². The lowest BCUT2D eigenvalue weighted by Crippen LogP contribution is -2.36. The van der Waals surface area contributed by atoms with Crippen LogP contribution in [0, 0.1) is 11.5 Å². The molecule has 1 fully saturated rings. The molecule has 0 N–H and O–H groups in total. The minimum Gasteiger partial charge on any atom is -0.378 e. The van der Waals surface area contributed by atoms with Crippen LogP contribution in [0.1, 0.15) is 22.8 Å². The largest absolute Gasteiger partial charge is 0.378 e. The van der Waals surface area contributed by atoms with Crippen LogP contribution >= 0.6 is 11.6 Å². The van der Waals surface area contributed by atoms with Crippen molar-refractivity contribution in [3.8, 4) is 11.5 Å². The fourth-order valence-electron chi connectivity index (χ4n) is 2.86. The molecule has 136 valence electrons. The Kier molecular flexibility index (Phi) is 5.38. The topological polar surface area (TPSA) is 42.4 Å². The zero-order valence-electron chi connectivity index (χ0n) is 15.6. The molecule has 26 heavy (non-hydrogen) atoms. The van der Waals surface area contributed by atoms with Crippen molar-refractivity contribution in [2.24, 2.45) is 0 Å². The maximum atomic E-state index is 12.2. The van der Waals surface area contributed by atoms with E-state index in [0.717, 1.165) is 29.9 Å². The third-order valence-electron chi connectivity index (χ3n) is 4.15. The minimum absolute atomic E-state index is 0.0479. The van der Waals surface area contributed by atoms with E-state index < -0.39 is 8.07 Å². The zero-order valence-corrected chi connectivity index (χ0v) is 17.4. The number of Topliss-reactive ketones (excluding diaryl/α,β-unsaturated/α-hetero) is 1.